The maximum Gasteiger partial charge on any atom is 0.335 e. The van der Waals surface area contributed by atoms with Crippen LogP contribution in [-0.4, -0.2) is 21.0 Å². The van der Waals surface area contributed by atoms with Crippen molar-refractivity contribution in [3.8, 4) is 0 Å². The molecule has 2 N–H and O–H groups in total. The molecule has 1 heterocycles. The van der Waals surface area contributed by atoms with Gasteiger partial charge in [0.2, 0.25) is 0 Å². The molecule has 1 aromatic carbocycles. The number of H-pyrrole nitrogens is 1. The number of aromatic carboxylic acids is 1. The minimum absolute atomic E-state index is 0.270. The van der Waals surface area contributed by atoms with Crippen LogP contribution >= 0.6 is 0 Å². The molecular formula is C13H10N2O2. The number of fused-ring (bicyclic) bond motifs is 1. The van der Waals surface area contributed by atoms with E-state index in [1.165, 1.54) is 0 Å². The van der Waals surface area contributed by atoms with Crippen molar-refractivity contribution in [2.45, 2.75) is 6.42 Å². The Kier molecular flexibility index (Phi) is 2.08. The minimum atomic E-state index is -0.926. The lowest BCUT2D eigenvalue weighted by Crippen LogP contribution is -1.94. The summed E-state index contributed by atoms with van der Waals surface area (Å²) < 4.78 is 0. The number of nitrogens with one attached hydrogen (secondary N) is 1. The molecule has 1 aromatic heterocycles. The minimum Gasteiger partial charge on any atom is -0.478 e. The molecule has 2 aromatic rings. The van der Waals surface area contributed by atoms with Crippen LogP contribution in [0.15, 0.2) is 36.4 Å². The van der Waals surface area contributed by atoms with Gasteiger partial charge in [-0.2, -0.15) is 0 Å². The molecule has 1 aliphatic carbocycles. The molecule has 4 heteroatoms. The molecule has 0 spiro atoms. The molecule has 0 unspecified atom stereocenters. The Balaban J connectivity index is 2.09. The predicted molar refractivity (Wildman–Crippen MR) is 64.8 cm³/mol. The number of hydrogen-bond acceptors (Lipinski definition) is 2. The van der Waals surface area contributed by atoms with Crippen LogP contribution in [0.1, 0.15) is 22.6 Å². The molecule has 84 valence electrons. The number of carboxylic acid groups (broad SMARTS) is 1. The van der Waals surface area contributed by atoms with Crippen LogP contribution in [0.2, 0.25) is 0 Å². The van der Waals surface area contributed by atoms with E-state index in [1.807, 2.05) is 12.2 Å². The molecule has 0 fully saturated rings. The van der Waals surface area contributed by atoms with E-state index in [4.69, 9.17) is 5.11 Å². The fraction of sp³-hybridized carbons (Fsp3) is 0.0769. The van der Waals surface area contributed by atoms with Crippen LogP contribution in [0.3, 0.4) is 0 Å². The van der Waals surface area contributed by atoms with Crippen molar-refractivity contribution < 1.29 is 9.90 Å². The average molecular weight is 226 g/mol. The van der Waals surface area contributed by atoms with Gasteiger partial charge in [0.1, 0.15) is 5.82 Å². The number of carbonyl (C=O) groups is 1. The zero-order chi connectivity index (χ0) is 11.8. The molecule has 1 aliphatic rings. The summed E-state index contributed by atoms with van der Waals surface area (Å²) in [6, 6.07) is 4.90. The van der Waals surface area contributed by atoms with E-state index in [0.717, 1.165) is 28.9 Å². The van der Waals surface area contributed by atoms with Crippen LogP contribution < -0.4 is 0 Å². The first-order chi connectivity index (χ1) is 8.24. The first kappa shape index (κ1) is 9.84. The molecule has 0 bridgehead atoms. The lowest BCUT2D eigenvalue weighted by Gasteiger charge is -1.93. The van der Waals surface area contributed by atoms with Crippen LogP contribution in [0.25, 0.3) is 16.6 Å². The summed E-state index contributed by atoms with van der Waals surface area (Å²) in [4.78, 5) is 18.4. The number of allylic oxidation sites excluding steroid dienone is 4. The number of hydrogen-bond donors (Lipinski definition) is 2. The third kappa shape index (κ3) is 1.63. The second-order valence-electron chi connectivity index (χ2n) is 3.95. The Hall–Kier alpha value is -2.36. The largest absolute Gasteiger partial charge is 0.478 e. The van der Waals surface area contributed by atoms with Crippen molar-refractivity contribution in [3.63, 3.8) is 0 Å². The lowest BCUT2D eigenvalue weighted by molar-refractivity contribution is 0.0697. The molecule has 17 heavy (non-hydrogen) atoms. The Morgan fingerprint density at radius 3 is 3.00 bits per heavy atom. The van der Waals surface area contributed by atoms with Crippen LogP contribution in [0, 0.1) is 0 Å². The van der Waals surface area contributed by atoms with Crippen molar-refractivity contribution in [2.24, 2.45) is 0 Å². The summed E-state index contributed by atoms with van der Waals surface area (Å²) in [5.74, 6) is -0.114. The fourth-order valence-corrected chi connectivity index (χ4v) is 1.92. The zero-order valence-corrected chi connectivity index (χ0v) is 8.97. The number of nitrogens with zero attached hydrogens (tertiary/aromatic N) is 1. The number of rotatable bonds is 2. The maximum absolute atomic E-state index is 10.9. The van der Waals surface area contributed by atoms with E-state index in [0.29, 0.717) is 0 Å². The number of carboxylic acids is 1. The van der Waals surface area contributed by atoms with Crippen LogP contribution in [0.5, 0.6) is 0 Å². The summed E-state index contributed by atoms with van der Waals surface area (Å²) >= 11 is 0. The monoisotopic (exact) mass is 226 g/mol. The molecule has 0 saturated heterocycles. The van der Waals surface area contributed by atoms with E-state index < -0.39 is 5.97 Å². The summed E-state index contributed by atoms with van der Waals surface area (Å²) in [5, 5.41) is 8.91. The van der Waals surface area contributed by atoms with Crippen LogP contribution in [0.4, 0.5) is 0 Å². The third-order valence-electron chi connectivity index (χ3n) is 2.80. The number of aromatic amines is 1. The molecule has 0 amide bonds. The fourth-order valence-electron chi connectivity index (χ4n) is 1.92. The molecular weight excluding hydrogens is 216 g/mol. The van der Waals surface area contributed by atoms with E-state index in [2.05, 4.69) is 16.0 Å². The molecule has 0 aliphatic heterocycles. The third-order valence-corrected chi connectivity index (χ3v) is 2.80. The van der Waals surface area contributed by atoms with Crippen molar-refractivity contribution in [1.82, 2.24) is 9.97 Å². The number of imidazole rings is 1. The highest BCUT2D eigenvalue weighted by Crippen LogP contribution is 2.23. The number of aromatic nitrogens is 2. The Labute approximate surface area is 97.3 Å². The first-order valence-electron chi connectivity index (χ1n) is 5.33. The molecule has 4 nitrogen and oxygen atoms in total. The normalized spacial score (nSPS) is 14.2. The summed E-state index contributed by atoms with van der Waals surface area (Å²) in [6.07, 6.45) is 6.93. The smallest absolute Gasteiger partial charge is 0.335 e. The maximum atomic E-state index is 10.9. The molecule has 0 saturated carbocycles. The van der Waals surface area contributed by atoms with Gasteiger partial charge in [0.05, 0.1) is 16.6 Å². The van der Waals surface area contributed by atoms with Gasteiger partial charge in [-0.3, -0.25) is 0 Å². The highest BCUT2D eigenvalue weighted by Gasteiger charge is 2.10. The molecule has 0 radical (unpaired) electrons. The second kappa shape index (κ2) is 3.59. The van der Waals surface area contributed by atoms with E-state index >= 15 is 0 Å². The zero-order valence-electron chi connectivity index (χ0n) is 8.97. The van der Waals surface area contributed by atoms with Gasteiger partial charge in [-0.05, 0) is 30.2 Å². The second-order valence-corrected chi connectivity index (χ2v) is 3.95. The van der Waals surface area contributed by atoms with Crippen molar-refractivity contribution in [3.05, 3.63) is 47.8 Å². The Bertz CT molecular complexity index is 665. The summed E-state index contributed by atoms with van der Waals surface area (Å²) in [6.45, 7) is 0. The van der Waals surface area contributed by atoms with Gasteiger partial charge in [0.15, 0.2) is 0 Å². The summed E-state index contributed by atoms with van der Waals surface area (Å²) in [7, 11) is 0. The Morgan fingerprint density at radius 2 is 2.29 bits per heavy atom. The van der Waals surface area contributed by atoms with Gasteiger partial charge in [-0.15, -0.1) is 0 Å². The lowest BCUT2D eigenvalue weighted by atomic mass is 10.2. The standard InChI is InChI=1S/C13H10N2O2/c16-13(17)9-5-6-10-11(7-9)15-12(14-10)8-3-1-2-4-8/h1-3,5-7H,4H2,(H,14,15)(H,16,17). The highest BCUT2D eigenvalue weighted by atomic mass is 16.4. The molecule has 3 rings (SSSR count). The van der Waals surface area contributed by atoms with E-state index in [-0.39, 0.29) is 5.56 Å². The number of benzene rings is 1. The van der Waals surface area contributed by atoms with Crippen molar-refractivity contribution in [1.29, 1.82) is 0 Å². The van der Waals surface area contributed by atoms with E-state index in [1.54, 1.807) is 18.2 Å². The summed E-state index contributed by atoms with van der Waals surface area (Å²) in [5.41, 5.74) is 2.94. The SMILES string of the molecule is O=C(O)c1ccc2nc(C3=CC=CC3)[nH]c2c1. The average Bonchev–Trinajstić information content (AvgIpc) is 2.96. The van der Waals surface area contributed by atoms with Gasteiger partial charge in [0.25, 0.3) is 0 Å². The quantitative estimate of drug-likeness (QED) is 0.827. The van der Waals surface area contributed by atoms with Gasteiger partial charge < -0.3 is 10.1 Å². The van der Waals surface area contributed by atoms with Crippen molar-refractivity contribution in [2.75, 3.05) is 0 Å². The highest BCUT2D eigenvalue weighted by molar-refractivity contribution is 5.92. The topological polar surface area (TPSA) is 66.0 Å². The van der Waals surface area contributed by atoms with Crippen LogP contribution in [-0.2, 0) is 0 Å². The predicted octanol–water partition coefficient (Wildman–Crippen LogP) is 2.60. The van der Waals surface area contributed by atoms with Gasteiger partial charge in [0, 0.05) is 0 Å². The van der Waals surface area contributed by atoms with E-state index in [9.17, 15) is 4.79 Å². The Morgan fingerprint density at radius 1 is 1.41 bits per heavy atom. The first-order valence-corrected chi connectivity index (χ1v) is 5.33. The van der Waals surface area contributed by atoms with Gasteiger partial charge in [-0.1, -0.05) is 18.2 Å². The van der Waals surface area contributed by atoms with Gasteiger partial charge in [-0.25, -0.2) is 9.78 Å². The molecule has 0 atom stereocenters. The van der Waals surface area contributed by atoms with Gasteiger partial charge >= 0.3 is 5.97 Å². The van der Waals surface area contributed by atoms with Crippen molar-refractivity contribution >= 4 is 22.6 Å².